The van der Waals surface area contributed by atoms with Crippen LogP contribution < -0.4 is 4.74 Å². The first-order valence-electron chi connectivity index (χ1n) is 5.70. The highest BCUT2D eigenvalue weighted by Crippen LogP contribution is 2.50. The Hall–Kier alpha value is -1.02. The van der Waals surface area contributed by atoms with E-state index in [9.17, 15) is 5.11 Å². The fraction of sp³-hybridized carbons (Fsp3) is 0.538. The molecule has 1 fully saturated rings. The van der Waals surface area contributed by atoms with Crippen LogP contribution in [0.3, 0.4) is 0 Å². The third-order valence-electron chi connectivity index (χ3n) is 3.46. The number of aryl methyl sites for hydroxylation is 1. The summed E-state index contributed by atoms with van der Waals surface area (Å²) in [6.07, 6.45) is 4.18. The Morgan fingerprint density at radius 3 is 2.93 bits per heavy atom. The molecule has 0 spiro atoms. The summed E-state index contributed by atoms with van der Waals surface area (Å²) in [5.74, 6) is 0.955. The van der Waals surface area contributed by atoms with E-state index >= 15 is 0 Å². The van der Waals surface area contributed by atoms with Gasteiger partial charge in [0.05, 0.1) is 11.7 Å². The molecule has 1 aromatic carbocycles. The van der Waals surface area contributed by atoms with Gasteiger partial charge in [0.25, 0.3) is 0 Å². The molecule has 2 aliphatic rings. The maximum atomic E-state index is 10.2. The Kier molecular flexibility index (Phi) is 1.84. The zero-order valence-corrected chi connectivity index (χ0v) is 8.99. The first-order chi connectivity index (χ1) is 7.19. The van der Waals surface area contributed by atoms with Gasteiger partial charge in [-0.15, -0.1) is 0 Å². The van der Waals surface area contributed by atoms with Crippen LogP contribution in [0.4, 0.5) is 0 Å². The maximum absolute atomic E-state index is 10.2. The third-order valence-corrected chi connectivity index (χ3v) is 3.46. The molecule has 3 rings (SSSR count). The van der Waals surface area contributed by atoms with Gasteiger partial charge in [-0.05, 0) is 38.2 Å². The summed E-state index contributed by atoms with van der Waals surface area (Å²) < 4.78 is 5.87. The summed E-state index contributed by atoms with van der Waals surface area (Å²) in [4.78, 5) is 0. The fourth-order valence-electron chi connectivity index (χ4n) is 2.29. The molecule has 0 amide bonds. The minimum atomic E-state index is -0.581. The fourth-order valence-corrected chi connectivity index (χ4v) is 2.29. The molecular formula is C13H16O2. The largest absolute Gasteiger partial charge is 0.490 e. The second-order valence-electron chi connectivity index (χ2n) is 4.79. The molecule has 1 saturated carbocycles. The van der Waals surface area contributed by atoms with Crippen molar-refractivity contribution >= 4 is 0 Å². The number of para-hydroxylation sites is 1. The molecule has 2 nitrogen and oxygen atoms in total. The molecule has 1 N–H and O–H groups in total. The molecule has 0 radical (unpaired) electrons. The van der Waals surface area contributed by atoms with Crippen LogP contribution in [-0.2, 0) is 12.0 Å². The lowest BCUT2D eigenvalue weighted by molar-refractivity contribution is 0.134. The van der Waals surface area contributed by atoms with Gasteiger partial charge in [-0.1, -0.05) is 18.2 Å². The Morgan fingerprint density at radius 1 is 1.40 bits per heavy atom. The number of rotatable bonds is 1. The van der Waals surface area contributed by atoms with Gasteiger partial charge in [0.1, 0.15) is 5.75 Å². The van der Waals surface area contributed by atoms with Gasteiger partial charge in [0, 0.05) is 5.56 Å². The number of benzene rings is 1. The average Bonchev–Trinajstić information content (AvgIpc) is 2.96. The van der Waals surface area contributed by atoms with E-state index in [2.05, 4.69) is 13.0 Å². The second kappa shape index (κ2) is 2.99. The Balaban J connectivity index is 2.08. The van der Waals surface area contributed by atoms with Crippen LogP contribution in [0, 0.1) is 0 Å². The average molecular weight is 204 g/mol. The Labute approximate surface area is 89.9 Å². The van der Waals surface area contributed by atoms with E-state index < -0.39 is 5.60 Å². The number of hydrogen-bond donors (Lipinski definition) is 1. The van der Waals surface area contributed by atoms with E-state index in [0.717, 1.165) is 37.0 Å². The van der Waals surface area contributed by atoms with Crippen molar-refractivity contribution in [2.24, 2.45) is 0 Å². The maximum Gasteiger partial charge on any atom is 0.128 e. The van der Waals surface area contributed by atoms with Crippen LogP contribution in [-0.4, -0.2) is 11.2 Å². The predicted molar refractivity (Wildman–Crippen MR) is 58.0 cm³/mol. The summed E-state index contributed by atoms with van der Waals surface area (Å²) >= 11 is 0. The zero-order chi connectivity index (χ0) is 10.5. The van der Waals surface area contributed by atoms with Crippen molar-refractivity contribution in [2.75, 3.05) is 0 Å². The van der Waals surface area contributed by atoms with E-state index in [1.165, 1.54) is 5.56 Å². The SMILES string of the molecule is CC1CCc2cccc(C3(O)CC3)c2O1. The molecule has 1 unspecified atom stereocenters. The molecule has 0 aromatic heterocycles. The highest BCUT2D eigenvalue weighted by Gasteiger charge is 2.45. The van der Waals surface area contributed by atoms with Crippen molar-refractivity contribution in [3.05, 3.63) is 29.3 Å². The van der Waals surface area contributed by atoms with Crippen LogP contribution in [0.5, 0.6) is 5.75 Å². The van der Waals surface area contributed by atoms with E-state index in [4.69, 9.17) is 4.74 Å². The second-order valence-corrected chi connectivity index (χ2v) is 4.79. The molecule has 80 valence electrons. The number of fused-ring (bicyclic) bond motifs is 1. The van der Waals surface area contributed by atoms with Gasteiger partial charge in [-0.25, -0.2) is 0 Å². The lowest BCUT2D eigenvalue weighted by Gasteiger charge is -2.27. The number of aliphatic hydroxyl groups is 1. The summed E-state index contributed by atoms with van der Waals surface area (Å²) in [6.45, 7) is 2.09. The zero-order valence-electron chi connectivity index (χ0n) is 8.99. The molecule has 1 aliphatic carbocycles. The summed E-state index contributed by atoms with van der Waals surface area (Å²) in [5.41, 5.74) is 1.68. The van der Waals surface area contributed by atoms with Crippen LogP contribution in [0.15, 0.2) is 18.2 Å². The summed E-state index contributed by atoms with van der Waals surface area (Å²) in [5, 5.41) is 10.2. The highest BCUT2D eigenvalue weighted by atomic mass is 16.5. The number of ether oxygens (including phenoxy) is 1. The van der Waals surface area contributed by atoms with Crippen LogP contribution >= 0.6 is 0 Å². The molecule has 0 saturated heterocycles. The molecular weight excluding hydrogens is 188 g/mol. The van der Waals surface area contributed by atoms with Gasteiger partial charge in [-0.2, -0.15) is 0 Å². The van der Waals surface area contributed by atoms with Gasteiger partial charge < -0.3 is 9.84 Å². The van der Waals surface area contributed by atoms with Crippen molar-refractivity contribution in [1.82, 2.24) is 0 Å². The molecule has 2 heteroatoms. The minimum Gasteiger partial charge on any atom is -0.490 e. The highest BCUT2D eigenvalue weighted by molar-refractivity contribution is 5.47. The lowest BCUT2D eigenvalue weighted by Crippen LogP contribution is -2.21. The van der Waals surface area contributed by atoms with Crippen molar-refractivity contribution < 1.29 is 9.84 Å². The molecule has 0 bridgehead atoms. The van der Waals surface area contributed by atoms with E-state index in [0.29, 0.717) is 0 Å². The normalized spacial score (nSPS) is 26.7. The van der Waals surface area contributed by atoms with Gasteiger partial charge in [0.15, 0.2) is 0 Å². The van der Waals surface area contributed by atoms with E-state index in [1.807, 2.05) is 12.1 Å². The molecule has 1 aliphatic heterocycles. The monoisotopic (exact) mass is 204 g/mol. The van der Waals surface area contributed by atoms with Crippen molar-refractivity contribution in [2.45, 2.75) is 44.3 Å². The van der Waals surface area contributed by atoms with Gasteiger partial charge in [-0.3, -0.25) is 0 Å². The number of hydrogen-bond acceptors (Lipinski definition) is 2. The summed E-state index contributed by atoms with van der Waals surface area (Å²) in [6, 6.07) is 6.14. The van der Waals surface area contributed by atoms with Crippen LogP contribution in [0.1, 0.15) is 37.3 Å². The Morgan fingerprint density at radius 2 is 2.20 bits per heavy atom. The standard InChI is InChI=1S/C13H16O2/c1-9-5-6-10-3-2-4-11(12(10)15-9)13(14)7-8-13/h2-4,9,14H,5-8H2,1H3. The third kappa shape index (κ3) is 1.44. The first kappa shape index (κ1) is 9.22. The molecule has 1 heterocycles. The molecule has 15 heavy (non-hydrogen) atoms. The smallest absolute Gasteiger partial charge is 0.128 e. The molecule has 1 atom stereocenters. The van der Waals surface area contributed by atoms with Crippen LogP contribution in [0.25, 0.3) is 0 Å². The molecule has 1 aromatic rings. The lowest BCUT2D eigenvalue weighted by atomic mass is 9.96. The van der Waals surface area contributed by atoms with E-state index in [1.54, 1.807) is 0 Å². The quantitative estimate of drug-likeness (QED) is 0.761. The van der Waals surface area contributed by atoms with Gasteiger partial charge in [0.2, 0.25) is 0 Å². The van der Waals surface area contributed by atoms with E-state index in [-0.39, 0.29) is 6.10 Å². The van der Waals surface area contributed by atoms with Crippen molar-refractivity contribution in [3.8, 4) is 5.75 Å². The van der Waals surface area contributed by atoms with Crippen molar-refractivity contribution in [3.63, 3.8) is 0 Å². The van der Waals surface area contributed by atoms with Gasteiger partial charge >= 0.3 is 0 Å². The summed E-state index contributed by atoms with van der Waals surface area (Å²) in [7, 11) is 0. The first-order valence-corrected chi connectivity index (χ1v) is 5.70. The van der Waals surface area contributed by atoms with Crippen molar-refractivity contribution in [1.29, 1.82) is 0 Å². The topological polar surface area (TPSA) is 29.5 Å². The minimum absolute atomic E-state index is 0.279. The Bertz CT molecular complexity index is 394. The van der Waals surface area contributed by atoms with Crippen LogP contribution in [0.2, 0.25) is 0 Å². The predicted octanol–water partition coefficient (Wildman–Crippen LogP) is 2.38.